The van der Waals surface area contributed by atoms with Gasteiger partial charge in [-0.3, -0.25) is 0 Å². The molecule has 52 valence electrons. The van der Waals surface area contributed by atoms with Crippen molar-refractivity contribution in [2.24, 2.45) is 0 Å². The minimum absolute atomic E-state index is 0.917. The fourth-order valence-electron chi connectivity index (χ4n) is 0.118. The lowest BCUT2D eigenvalue weighted by Crippen LogP contribution is -1.81. The second-order valence-electron chi connectivity index (χ2n) is 1.10. The Morgan fingerprint density at radius 1 is 1.33 bits per heavy atom. The molecule has 0 fully saturated rings. The summed E-state index contributed by atoms with van der Waals surface area (Å²) in [6.45, 7) is 6.96. The third kappa shape index (κ3) is 271. The van der Waals surface area contributed by atoms with Crippen molar-refractivity contribution in [1.29, 1.82) is 0 Å². The molecule has 0 saturated carbocycles. The van der Waals surface area contributed by atoms with E-state index in [0.717, 1.165) is 6.42 Å². The van der Waals surface area contributed by atoms with Crippen LogP contribution in [0.1, 0.15) is 6.42 Å². The Bertz CT molecular complexity index is 86.5. The van der Waals surface area contributed by atoms with Crippen LogP contribution in [-0.2, 0) is 0 Å². The van der Waals surface area contributed by atoms with Crippen molar-refractivity contribution in [2.75, 3.05) is 0 Å². The van der Waals surface area contributed by atoms with Gasteiger partial charge >= 0.3 is 6.16 Å². The molecule has 0 aliphatic carbocycles. The van der Waals surface area contributed by atoms with Crippen molar-refractivity contribution >= 4 is 6.16 Å². The van der Waals surface area contributed by atoms with Gasteiger partial charge in [0.1, 0.15) is 0 Å². The Balaban J connectivity index is 0. The maximum atomic E-state index is 8.56. The van der Waals surface area contributed by atoms with Crippen LogP contribution in [0.4, 0.5) is 4.79 Å². The Hall–Kier alpha value is -1.25. The predicted octanol–water partition coefficient (Wildman–Crippen LogP) is 1.97. The molecule has 0 aromatic carbocycles. The van der Waals surface area contributed by atoms with Crippen molar-refractivity contribution in [3.05, 3.63) is 25.3 Å². The van der Waals surface area contributed by atoms with Crippen molar-refractivity contribution in [3.63, 3.8) is 0 Å². The predicted molar refractivity (Wildman–Crippen MR) is 35.7 cm³/mol. The van der Waals surface area contributed by atoms with E-state index in [1.807, 2.05) is 12.2 Å². The van der Waals surface area contributed by atoms with E-state index in [-0.39, 0.29) is 0 Å². The van der Waals surface area contributed by atoms with E-state index < -0.39 is 6.16 Å². The summed E-state index contributed by atoms with van der Waals surface area (Å²) in [7, 11) is 0. The molecule has 0 spiro atoms. The summed E-state index contributed by atoms with van der Waals surface area (Å²) in [5.41, 5.74) is 0. The molecule has 0 atom stereocenters. The lowest BCUT2D eigenvalue weighted by atomic mass is 10.4. The molecular formula is C6H10O3. The molecule has 0 unspecified atom stereocenters. The average Bonchev–Trinajstić information content (AvgIpc) is 1.66. The van der Waals surface area contributed by atoms with Crippen LogP contribution in [0.25, 0.3) is 0 Å². The molecule has 0 aromatic heterocycles. The molecule has 0 bridgehead atoms. The van der Waals surface area contributed by atoms with Crippen LogP contribution in [0.3, 0.4) is 0 Å². The van der Waals surface area contributed by atoms with Gasteiger partial charge in [-0.05, 0) is 6.42 Å². The molecule has 0 saturated heterocycles. The molecule has 0 heterocycles. The highest BCUT2D eigenvalue weighted by atomic mass is 16.6. The second-order valence-corrected chi connectivity index (χ2v) is 1.10. The molecule has 0 aliphatic heterocycles. The molecule has 0 aliphatic rings. The van der Waals surface area contributed by atoms with E-state index in [4.69, 9.17) is 15.0 Å². The lowest BCUT2D eigenvalue weighted by Gasteiger charge is -1.64. The van der Waals surface area contributed by atoms with Crippen molar-refractivity contribution in [3.8, 4) is 0 Å². The molecule has 3 heteroatoms. The van der Waals surface area contributed by atoms with Crippen molar-refractivity contribution in [2.45, 2.75) is 6.42 Å². The maximum Gasteiger partial charge on any atom is 0.503 e. The van der Waals surface area contributed by atoms with Crippen LogP contribution >= 0.6 is 0 Å². The summed E-state index contributed by atoms with van der Waals surface area (Å²) in [6.07, 6.45) is 2.71. The summed E-state index contributed by atoms with van der Waals surface area (Å²) in [6, 6.07) is 0. The van der Waals surface area contributed by atoms with Gasteiger partial charge in [0.2, 0.25) is 0 Å². The number of hydrogen-bond donors (Lipinski definition) is 2. The number of carboxylic acid groups (broad SMARTS) is 2. The highest BCUT2D eigenvalue weighted by Gasteiger charge is 1.70. The molecule has 0 aromatic rings. The first-order valence-corrected chi connectivity index (χ1v) is 2.28. The molecule has 0 radical (unpaired) electrons. The van der Waals surface area contributed by atoms with Crippen LogP contribution in [0.2, 0.25) is 0 Å². The minimum Gasteiger partial charge on any atom is -0.450 e. The summed E-state index contributed by atoms with van der Waals surface area (Å²) in [5, 5.41) is 13.9. The van der Waals surface area contributed by atoms with Gasteiger partial charge in [0, 0.05) is 0 Å². The van der Waals surface area contributed by atoms with Crippen molar-refractivity contribution < 1.29 is 15.0 Å². The first-order valence-electron chi connectivity index (χ1n) is 2.28. The van der Waals surface area contributed by atoms with Crippen LogP contribution < -0.4 is 0 Å². The fraction of sp³-hybridized carbons (Fsp3) is 0.167. The van der Waals surface area contributed by atoms with E-state index in [2.05, 4.69) is 13.2 Å². The zero-order valence-corrected chi connectivity index (χ0v) is 5.08. The van der Waals surface area contributed by atoms with E-state index in [9.17, 15) is 0 Å². The molecule has 0 rings (SSSR count). The summed E-state index contributed by atoms with van der Waals surface area (Å²) >= 11 is 0. The van der Waals surface area contributed by atoms with E-state index in [1.54, 1.807) is 0 Å². The van der Waals surface area contributed by atoms with Gasteiger partial charge in [-0.15, -0.1) is 13.2 Å². The van der Waals surface area contributed by atoms with Gasteiger partial charge in [-0.25, -0.2) is 4.79 Å². The zero-order valence-electron chi connectivity index (χ0n) is 5.08. The molecule has 2 N–H and O–H groups in total. The van der Waals surface area contributed by atoms with Gasteiger partial charge in [-0.2, -0.15) is 0 Å². The van der Waals surface area contributed by atoms with Crippen molar-refractivity contribution in [1.82, 2.24) is 0 Å². The Kier molecular flexibility index (Phi) is 11.7. The van der Waals surface area contributed by atoms with Gasteiger partial charge in [0.15, 0.2) is 0 Å². The minimum atomic E-state index is -1.83. The smallest absolute Gasteiger partial charge is 0.450 e. The number of allylic oxidation sites excluding steroid dienone is 2. The fourth-order valence-corrected chi connectivity index (χ4v) is 0.118. The molecule has 0 amide bonds. The number of carbonyl (C=O) groups is 1. The summed E-state index contributed by atoms with van der Waals surface area (Å²) < 4.78 is 0. The van der Waals surface area contributed by atoms with Gasteiger partial charge in [0.05, 0.1) is 0 Å². The van der Waals surface area contributed by atoms with E-state index >= 15 is 0 Å². The van der Waals surface area contributed by atoms with Crippen LogP contribution in [0.5, 0.6) is 0 Å². The summed E-state index contributed by atoms with van der Waals surface area (Å²) in [4.78, 5) is 8.56. The monoisotopic (exact) mass is 130 g/mol. The first kappa shape index (κ1) is 10.7. The molecule has 3 nitrogen and oxygen atoms in total. The largest absolute Gasteiger partial charge is 0.503 e. The zero-order chi connectivity index (χ0) is 7.70. The normalized spacial score (nSPS) is 6.22. The topological polar surface area (TPSA) is 57.5 Å². The average molecular weight is 130 g/mol. The third-order valence-corrected chi connectivity index (χ3v) is 0.333. The van der Waals surface area contributed by atoms with Crippen LogP contribution in [0.15, 0.2) is 25.3 Å². The molecular weight excluding hydrogens is 120 g/mol. The van der Waals surface area contributed by atoms with Gasteiger partial charge in [-0.1, -0.05) is 12.2 Å². The van der Waals surface area contributed by atoms with Gasteiger partial charge in [0.25, 0.3) is 0 Å². The standard InChI is InChI=1S/C5H8.CH2O3/c1-3-5-4-2;2-1(3)4/h3-4H,1-2,5H2;(H2,2,3,4). The SMILES string of the molecule is C=CCC=C.O=C(O)O. The lowest BCUT2D eigenvalue weighted by molar-refractivity contribution is 0.137. The number of hydrogen-bond acceptors (Lipinski definition) is 1. The summed E-state index contributed by atoms with van der Waals surface area (Å²) in [5.74, 6) is 0. The Morgan fingerprint density at radius 3 is 1.56 bits per heavy atom. The van der Waals surface area contributed by atoms with Crippen LogP contribution in [-0.4, -0.2) is 16.4 Å². The first-order chi connectivity index (χ1) is 4.15. The third-order valence-electron chi connectivity index (χ3n) is 0.333. The Labute approximate surface area is 53.9 Å². The second kappa shape index (κ2) is 9.89. The van der Waals surface area contributed by atoms with E-state index in [1.165, 1.54) is 0 Å². The highest BCUT2D eigenvalue weighted by Crippen LogP contribution is 1.73. The molecule has 9 heavy (non-hydrogen) atoms. The van der Waals surface area contributed by atoms with E-state index in [0.29, 0.717) is 0 Å². The van der Waals surface area contributed by atoms with Crippen LogP contribution in [0, 0.1) is 0 Å². The highest BCUT2D eigenvalue weighted by molar-refractivity contribution is 5.53. The quantitative estimate of drug-likeness (QED) is 0.562. The van der Waals surface area contributed by atoms with Gasteiger partial charge < -0.3 is 10.2 Å². The number of rotatable bonds is 2. The maximum absolute atomic E-state index is 8.56. The Morgan fingerprint density at radius 2 is 1.56 bits per heavy atom.